The molecule has 17 heavy (non-hydrogen) atoms. The highest BCUT2D eigenvalue weighted by molar-refractivity contribution is 7.96. The fourth-order valence-electron chi connectivity index (χ4n) is 1.41. The minimum absolute atomic E-state index is 0.350. The predicted molar refractivity (Wildman–Crippen MR) is 67.4 cm³/mol. The second-order valence-electron chi connectivity index (χ2n) is 3.88. The molecule has 0 bridgehead atoms. The standard InChI is InChI=1S/C12H16FNO2S/c1-8(12(15)16)9-4-5-10(11(13)6-9)7-14(2)17-3/h4-6,8H,7H2,1-3H3,(H,15,16). The van der Waals surface area contributed by atoms with Crippen LogP contribution in [0.15, 0.2) is 18.2 Å². The Balaban J connectivity index is 2.90. The number of nitrogens with zero attached hydrogens (tertiary/aromatic N) is 1. The van der Waals surface area contributed by atoms with Gasteiger partial charge in [-0.1, -0.05) is 24.1 Å². The van der Waals surface area contributed by atoms with Crippen LogP contribution in [0.25, 0.3) is 0 Å². The second-order valence-corrected chi connectivity index (χ2v) is 4.87. The van der Waals surface area contributed by atoms with Gasteiger partial charge in [-0.2, -0.15) is 0 Å². The fraction of sp³-hybridized carbons (Fsp3) is 0.417. The molecule has 0 heterocycles. The first kappa shape index (κ1) is 14.0. The van der Waals surface area contributed by atoms with Crippen molar-refractivity contribution in [1.82, 2.24) is 4.31 Å². The van der Waals surface area contributed by atoms with Gasteiger partial charge in [0, 0.05) is 12.1 Å². The van der Waals surface area contributed by atoms with Gasteiger partial charge in [0.1, 0.15) is 5.82 Å². The van der Waals surface area contributed by atoms with Crippen LogP contribution < -0.4 is 0 Å². The van der Waals surface area contributed by atoms with Gasteiger partial charge in [0.2, 0.25) is 0 Å². The lowest BCUT2D eigenvalue weighted by atomic mass is 9.99. The average molecular weight is 257 g/mol. The van der Waals surface area contributed by atoms with Gasteiger partial charge < -0.3 is 5.11 Å². The number of hydrogen-bond donors (Lipinski definition) is 1. The second kappa shape index (κ2) is 6.02. The molecule has 0 aliphatic carbocycles. The van der Waals surface area contributed by atoms with Gasteiger partial charge in [0.05, 0.1) is 5.92 Å². The first-order chi connectivity index (χ1) is 7.95. The Labute approximate surface area is 105 Å². The van der Waals surface area contributed by atoms with E-state index < -0.39 is 11.9 Å². The Kier molecular flexibility index (Phi) is 4.96. The molecule has 0 radical (unpaired) electrons. The summed E-state index contributed by atoms with van der Waals surface area (Å²) in [5, 5.41) is 8.85. The van der Waals surface area contributed by atoms with E-state index in [2.05, 4.69) is 0 Å². The van der Waals surface area contributed by atoms with Crippen molar-refractivity contribution in [3.63, 3.8) is 0 Å². The third-order valence-electron chi connectivity index (χ3n) is 2.65. The maximum atomic E-state index is 13.7. The molecule has 3 nitrogen and oxygen atoms in total. The zero-order valence-electron chi connectivity index (χ0n) is 10.1. The van der Waals surface area contributed by atoms with Gasteiger partial charge in [-0.3, -0.25) is 4.79 Å². The highest BCUT2D eigenvalue weighted by atomic mass is 32.2. The molecule has 1 unspecified atom stereocenters. The van der Waals surface area contributed by atoms with Crippen molar-refractivity contribution in [3.8, 4) is 0 Å². The van der Waals surface area contributed by atoms with Crippen LogP contribution in [0, 0.1) is 5.82 Å². The number of carboxylic acids is 1. The Morgan fingerprint density at radius 3 is 2.71 bits per heavy atom. The molecule has 0 saturated heterocycles. The topological polar surface area (TPSA) is 40.5 Å². The highest BCUT2D eigenvalue weighted by Crippen LogP contribution is 2.20. The zero-order valence-corrected chi connectivity index (χ0v) is 10.9. The summed E-state index contributed by atoms with van der Waals surface area (Å²) < 4.78 is 15.6. The zero-order chi connectivity index (χ0) is 13.0. The van der Waals surface area contributed by atoms with Crippen molar-refractivity contribution in [2.45, 2.75) is 19.4 Å². The fourth-order valence-corrected chi connectivity index (χ4v) is 1.68. The number of rotatable bonds is 5. The van der Waals surface area contributed by atoms with E-state index in [0.29, 0.717) is 17.7 Å². The van der Waals surface area contributed by atoms with Crippen LogP contribution in [-0.2, 0) is 11.3 Å². The van der Waals surface area contributed by atoms with Crippen molar-refractivity contribution < 1.29 is 14.3 Å². The number of carbonyl (C=O) groups is 1. The Morgan fingerprint density at radius 2 is 2.24 bits per heavy atom. The summed E-state index contributed by atoms with van der Waals surface area (Å²) in [6, 6.07) is 4.63. The number of benzene rings is 1. The molecular weight excluding hydrogens is 241 g/mol. The van der Waals surface area contributed by atoms with E-state index in [4.69, 9.17) is 5.11 Å². The molecule has 0 aliphatic heterocycles. The van der Waals surface area contributed by atoms with Crippen LogP contribution in [0.1, 0.15) is 24.0 Å². The minimum Gasteiger partial charge on any atom is -0.481 e. The molecule has 1 rings (SSSR count). The van der Waals surface area contributed by atoms with Crippen LogP contribution >= 0.6 is 11.9 Å². The number of carboxylic acid groups (broad SMARTS) is 1. The van der Waals surface area contributed by atoms with E-state index in [1.165, 1.54) is 18.0 Å². The molecule has 1 atom stereocenters. The lowest BCUT2D eigenvalue weighted by Gasteiger charge is -2.14. The molecule has 0 amide bonds. The molecule has 5 heteroatoms. The van der Waals surface area contributed by atoms with Crippen molar-refractivity contribution in [3.05, 3.63) is 35.1 Å². The molecule has 1 N–H and O–H groups in total. The van der Waals surface area contributed by atoms with Crippen molar-refractivity contribution in [2.75, 3.05) is 13.3 Å². The highest BCUT2D eigenvalue weighted by Gasteiger charge is 2.15. The normalized spacial score (nSPS) is 12.8. The molecule has 1 aromatic carbocycles. The van der Waals surface area contributed by atoms with Gasteiger partial charge in [0.25, 0.3) is 0 Å². The van der Waals surface area contributed by atoms with E-state index >= 15 is 0 Å². The van der Waals surface area contributed by atoms with Gasteiger partial charge in [-0.25, -0.2) is 8.70 Å². The molecule has 0 saturated carbocycles. The average Bonchev–Trinajstić information content (AvgIpc) is 2.30. The SMILES string of the molecule is CSN(C)Cc1ccc(C(C)C(=O)O)cc1F. The molecular formula is C12H16FNO2S. The summed E-state index contributed by atoms with van der Waals surface area (Å²) >= 11 is 1.52. The smallest absolute Gasteiger partial charge is 0.310 e. The molecule has 0 spiro atoms. The van der Waals surface area contributed by atoms with Crippen LogP contribution in [0.3, 0.4) is 0 Å². The van der Waals surface area contributed by atoms with Crippen LogP contribution in [0.2, 0.25) is 0 Å². The predicted octanol–water partition coefficient (Wildman–Crippen LogP) is 2.72. The minimum atomic E-state index is -0.946. The first-order valence-corrected chi connectivity index (χ1v) is 6.40. The molecule has 94 valence electrons. The van der Waals surface area contributed by atoms with Crippen molar-refractivity contribution >= 4 is 17.9 Å². The third-order valence-corrected chi connectivity index (χ3v) is 3.40. The van der Waals surface area contributed by atoms with Crippen molar-refractivity contribution in [1.29, 1.82) is 0 Å². The largest absolute Gasteiger partial charge is 0.481 e. The molecule has 0 fully saturated rings. The quantitative estimate of drug-likeness (QED) is 0.823. The van der Waals surface area contributed by atoms with Crippen LogP contribution in [0.5, 0.6) is 0 Å². The molecule has 0 aromatic heterocycles. The number of halogens is 1. The van der Waals surface area contributed by atoms with Crippen LogP contribution in [0.4, 0.5) is 4.39 Å². The van der Waals surface area contributed by atoms with E-state index in [9.17, 15) is 9.18 Å². The third kappa shape index (κ3) is 3.71. The monoisotopic (exact) mass is 257 g/mol. The van der Waals surface area contributed by atoms with Crippen LogP contribution in [-0.4, -0.2) is 28.7 Å². The maximum absolute atomic E-state index is 13.7. The maximum Gasteiger partial charge on any atom is 0.310 e. The summed E-state index contributed by atoms with van der Waals surface area (Å²) in [5.41, 5.74) is 1.06. The van der Waals surface area contributed by atoms with E-state index in [0.717, 1.165) is 0 Å². The molecule has 1 aromatic rings. The summed E-state index contributed by atoms with van der Waals surface area (Å²) in [6.07, 6.45) is 1.92. The van der Waals surface area contributed by atoms with Gasteiger partial charge in [-0.15, -0.1) is 0 Å². The number of hydrogen-bond acceptors (Lipinski definition) is 3. The summed E-state index contributed by atoms with van der Waals surface area (Å²) in [6.45, 7) is 2.04. The Bertz CT molecular complexity index is 411. The van der Waals surface area contributed by atoms with E-state index in [1.54, 1.807) is 19.1 Å². The Morgan fingerprint density at radius 1 is 1.59 bits per heavy atom. The van der Waals surface area contributed by atoms with Gasteiger partial charge >= 0.3 is 5.97 Å². The Hall–Kier alpha value is -1.07. The van der Waals surface area contributed by atoms with Gasteiger partial charge in [-0.05, 0) is 31.9 Å². The lowest BCUT2D eigenvalue weighted by molar-refractivity contribution is -0.138. The van der Waals surface area contributed by atoms with Crippen molar-refractivity contribution in [2.24, 2.45) is 0 Å². The van der Waals surface area contributed by atoms with E-state index in [-0.39, 0.29) is 5.82 Å². The summed E-state index contributed by atoms with van der Waals surface area (Å²) in [7, 11) is 1.87. The summed E-state index contributed by atoms with van der Waals surface area (Å²) in [5.74, 6) is -1.98. The lowest BCUT2D eigenvalue weighted by Crippen LogP contribution is -2.11. The van der Waals surface area contributed by atoms with E-state index in [1.807, 2.05) is 17.6 Å². The first-order valence-electron chi connectivity index (χ1n) is 5.22. The van der Waals surface area contributed by atoms with Gasteiger partial charge in [0.15, 0.2) is 0 Å². The summed E-state index contributed by atoms with van der Waals surface area (Å²) in [4.78, 5) is 10.8. The molecule has 0 aliphatic rings. The number of aliphatic carboxylic acids is 1.